The molecule has 2 amide bonds. The third-order valence-electron chi connectivity index (χ3n) is 5.53. The highest BCUT2D eigenvalue weighted by atomic mass is 16.5. The predicted octanol–water partition coefficient (Wildman–Crippen LogP) is 2.67. The number of carbonyl (C=O) groups is 2. The molecule has 1 aromatic carbocycles. The smallest absolute Gasteiger partial charge is 0.315 e. The molecular weight excluding hydrogens is 320 g/mol. The van der Waals surface area contributed by atoms with Crippen LogP contribution in [0.25, 0.3) is 0 Å². The van der Waals surface area contributed by atoms with Gasteiger partial charge < -0.3 is 20.5 Å². The second-order valence-corrected chi connectivity index (χ2v) is 7.19. The summed E-state index contributed by atoms with van der Waals surface area (Å²) in [6, 6.07) is 7.87. The SMILES string of the molecule is COc1ccccc1C1(CNC(=O)NC2CCC(C(=O)O)CC2)CC1. The van der Waals surface area contributed by atoms with Crippen LogP contribution in [0.2, 0.25) is 0 Å². The summed E-state index contributed by atoms with van der Waals surface area (Å²) in [6.45, 7) is 0.587. The van der Waals surface area contributed by atoms with Crippen molar-refractivity contribution in [3.63, 3.8) is 0 Å². The van der Waals surface area contributed by atoms with E-state index in [9.17, 15) is 9.59 Å². The van der Waals surface area contributed by atoms with Crippen LogP contribution in [0.15, 0.2) is 24.3 Å². The molecule has 2 aliphatic carbocycles. The minimum atomic E-state index is -0.726. The summed E-state index contributed by atoms with van der Waals surface area (Å²) >= 11 is 0. The van der Waals surface area contributed by atoms with Crippen molar-refractivity contribution in [2.45, 2.75) is 50.0 Å². The van der Waals surface area contributed by atoms with Gasteiger partial charge in [-0.15, -0.1) is 0 Å². The van der Waals surface area contributed by atoms with Gasteiger partial charge in [0.05, 0.1) is 13.0 Å². The Morgan fingerprint density at radius 1 is 1.20 bits per heavy atom. The number of carboxylic acid groups (broad SMARTS) is 1. The van der Waals surface area contributed by atoms with E-state index in [0.717, 1.165) is 37.0 Å². The Balaban J connectivity index is 1.49. The number of hydrogen-bond acceptors (Lipinski definition) is 3. The monoisotopic (exact) mass is 346 g/mol. The number of aliphatic carboxylic acids is 1. The normalized spacial score (nSPS) is 24.2. The number of para-hydroxylation sites is 1. The third-order valence-corrected chi connectivity index (χ3v) is 5.53. The van der Waals surface area contributed by atoms with E-state index in [4.69, 9.17) is 9.84 Å². The summed E-state index contributed by atoms with van der Waals surface area (Å²) in [6.07, 6.45) is 4.79. The summed E-state index contributed by atoms with van der Waals surface area (Å²) in [5.41, 5.74) is 1.13. The van der Waals surface area contributed by atoms with Gasteiger partial charge in [0.25, 0.3) is 0 Å². The van der Waals surface area contributed by atoms with Gasteiger partial charge in [0.2, 0.25) is 0 Å². The Kier molecular flexibility index (Phi) is 5.16. The molecule has 0 radical (unpaired) electrons. The van der Waals surface area contributed by atoms with E-state index < -0.39 is 5.97 Å². The molecule has 3 rings (SSSR count). The minimum absolute atomic E-state index is 0.0229. The van der Waals surface area contributed by atoms with Crippen molar-refractivity contribution in [3.8, 4) is 5.75 Å². The first-order valence-corrected chi connectivity index (χ1v) is 8.95. The second-order valence-electron chi connectivity index (χ2n) is 7.19. The zero-order valence-electron chi connectivity index (χ0n) is 14.6. The fourth-order valence-corrected chi connectivity index (χ4v) is 3.75. The lowest BCUT2D eigenvalue weighted by molar-refractivity contribution is -0.142. The van der Waals surface area contributed by atoms with E-state index in [1.165, 1.54) is 0 Å². The number of ether oxygens (including phenoxy) is 1. The van der Waals surface area contributed by atoms with Gasteiger partial charge in [-0.3, -0.25) is 4.79 Å². The van der Waals surface area contributed by atoms with Gasteiger partial charge in [0.15, 0.2) is 0 Å². The number of amides is 2. The highest BCUT2D eigenvalue weighted by Crippen LogP contribution is 2.50. The summed E-state index contributed by atoms with van der Waals surface area (Å²) in [5, 5.41) is 15.0. The van der Waals surface area contributed by atoms with Crippen LogP contribution in [0, 0.1) is 5.92 Å². The first-order valence-electron chi connectivity index (χ1n) is 8.95. The van der Waals surface area contributed by atoms with Crippen LogP contribution < -0.4 is 15.4 Å². The minimum Gasteiger partial charge on any atom is -0.496 e. The van der Waals surface area contributed by atoms with Gasteiger partial charge in [0.1, 0.15) is 5.75 Å². The molecule has 25 heavy (non-hydrogen) atoms. The number of benzene rings is 1. The Labute approximate surface area is 147 Å². The molecular formula is C19H26N2O4. The summed E-state index contributed by atoms with van der Waals surface area (Å²) in [4.78, 5) is 23.2. The first-order chi connectivity index (χ1) is 12.0. The van der Waals surface area contributed by atoms with E-state index in [1.807, 2.05) is 18.2 Å². The van der Waals surface area contributed by atoms with Crippen LogP contribution in [-0.2, 0) is 10.2 Å². The number of carbonyl (C=O) groups excluding carboxylic acids is 1. The van der Waals surface area contributed by atoms with Gasteiger partial charge in [-0.1, -0.05) is 18.2 Å². The Morgan fingerprint density at radius 3 is 2.48 bits per heavy atom. The largest absolute Gasteiger partial charge is 0.496 e. The highest BCUT2D eigenvalue weighted by molar-refractivity contribution is 5.74. The van der Waals surface area contributed by atoms with Gasteiger partial charge in [-0.25, -0.2) is 4.79 Å². The van der Waals surface area contributed by atoms with Crippen molar-refractivity contribution in [3.05, 3.63) is 29.8 Å². The van der Waals surface area contributed by atoms with Crippen LogP contribution in [0.3, 0.4) is 0 Å². The fraction of sp³-hybridized carbons (Fsp3) is 0.579. The molecule has 0 aromatic heterocycles. The molecule has 2 saturated carbocycles. The van der Waals surface area contributed by atoms with Crippen molar-refractivity contribution in [2.75, 3.05) is 13.7 Å². The number of methoxy groups -OCH3 is 1. The number of carboxylic acids is 1. The molecule has 0 aliphatic heterocycles. The summed E-state index contributed by atoms with van der Waals surface area (Å²) in [7, 11) is 1.67. The maximum atomic E-state index is 12.2. The molecule has 6 heteroatoms. The molecule has 0 atom stereocenters. The first kappa shape index (κ1) is 17.6. The highest BCUT2D eigenvalue weighted by Gasteiger charge is 2.46. The molecule has 6 nitrogen and oxygen atoms in total. The molecule has 0 saturated heterocycles. The summed E-state index contributed by atoms with van der Waals surface area (Å²) in [5.74, 6) is -0.119. The lowest BCUT2D eigenvalue weighted by Crippen LogP contribution is -2.46. The average molecular weight is 346 g/mol. The molecule has 136 valence electrons. The molecule has 3 N–H and O–H groups in total. The van der Waals surface area contributed by atoms with Crippen LogP contribution in [0.5, 0.6) is 5.75 Å². The molecule has 0 unspecified atom stereocenters. The molecule has 2 aliphatic rings. The van der Waals surface area contributed by atoms with Crippen molar-refractivity contribution < 1.29 is 19.4 Å². The standard InChI is InChI=1S/C19H26N2O4/c1-25-16-5-3-2-4-15(16)19(10-11-19)12-20-18(24)21-14-8-6-13(7-9-14)17(22)23/h2-5,13-14H,6-12H2,1H3,(H,22,23)(H2,20,21,24). The Bertz CT molecular complexity index is 634. The zero-order valence-corrected chi connectivity index (χ0v) is 14.6. The van der Waals surface area contributed by atoms with Crippen molar-refractivity contribution in [2.24, 2.45) is 5.92 Å². The molecule has 0 spiro atoms. The number of hydrogen-bond donors (Lipinski definition) is 3. The Hall–Kier alpha value is -2.24. The van der Waals surface area contributed by atoms with E-state index in [0.29, 0.717) is 19.4 Å². The van der Waals surface area contributed by atoms with Gasteiger partial charge in [-0.05, 0) is 44.6 Å². The van der Waals surface area contributed by atoms with Crippen molar-refractivity contribution >= 4 is 12.0 Å². The molecule has 2 fully saturated rings. The van der Waals surface area contributed by atoms with Crippen LogP contribution in [-0.4, -0.2) is 36.8 Å². The third kappa shape index (κ3) is 4.06. The molecule has 0 bridgehead atoms. The average Bonchev–Trinajstić information content (AvgIpc) is 3.41. The molecule has 0 heterocycles. The summed E-state index contributed by atoms with van der Waals surface area (Å²) < 4.78 is 5.45. The maximum Gasteiger partial charge on any atom is 0.315 e. The van der Waals surface area contributed by atoms with E-state index in [1.54, 1.807) is 7.11 Å². The zero-order chi connectivity index (χ0) is 17.9. The van der Waals surface area contributed by atoms with Crippen molar-refractivity contribution in [1.29, 1.82) is 0 Å². The topological polar surface area (TPSA) is 87.7 Å². The number of rotatable bonds is 6. The van der Waals surface area contributed by atoms with Gasteiger partial charge in [0, 0.05) is 23.6 Å². The van der Waals surface area contributed by atoms with E-state index in [2.05, 4.69) is 16.7 Å². The van der Waals surface area contributed by atoms with Gasteiger partial charge >= 0.3 is 12.0 Å². The number of urea groups is 1. The lowest BCUT2D eigenvalue weighted by Gasteiger charge is -2.27. The Morgan fingerprint density at radius 2 is 1.88 bits per heavy atom. The quantitative estimate of drug-likeness (QED) is 0.739. The number of nitrogens with one attached hydrogen (secondary N) is 2. The second kappa shape index (κ2) is 7.33. The van der Waals surface area contributed by atoms with E-state index >= 15 is 0 Å². The maximum absolute atomic E-state index is 12.2. The predicted molar refractivity (Wildman–Crippen MR) is 93.8 cm³/mol. The lowest BCUT2D eigenvalue weighted by atomic mass is 9.86. The van der Waals surface area contributed by atoms with E-state index in [-0.39, 0.29) is 23.4 Å². The van der Waals surface area contributed by atoms with Crippen LogP contribution in [0.4, 0.5) is 4.79 Å². The van der Waals surface area contributed by atoms with Crippen LogP contribution in [0.1, 0.15) is 44.1 Å². The van der Waals surface area contributed by atoms with Gasteiger partial charge in [-0.2, -0.15) is 0 Å². The molecule has 1 aromatic rings. The van der Waals surface area contributed by atoms with Crippen molar-refractivity contribution in [1.82, 2.24) is 10.6 Å². The van der Waals surface area contributed by atoms with Crippen LogP contribution >= 0.6 is 0 Å². The fourth-order valence-electron chi connectivity index (χ4n) is 3.75.